The Hall–Kier alpha value is -1.89. The van der Waals surface area contributed by atoms with Crippen molar-refractivity contribution in [1.29, 1.82) is 5.26 Å². The van der Waals surface area contributed by atoms with Gasteiger partial charge in [0, 0.05) is 25.1 Å². The lowest BCUT2D eigenvalue weighted by Gasteiger charge is -2.20. The van der Waals surface area contributed by atoms with Crippen molar-refractivity contribution in [2.75, 3.05) is 6.54 Å². The first kappa shape index (κ1) is 12.6. The van der Waals surface area contributed by atoms with Crippen LogP contribution in [0.4, 0.5) is 4.39 Å². The van der Waals surface area contributed by atoms with Crippen molar-refractivity contribution in [3.8, 4) is 6.07 Å². The molecule has 1 amide bonds. The minimum Gasteiger partial charge on any atom is -0.338 e. The summed E-state index contributed by atoms with van der Waals surface area (Å²) in [7, 11) is 0. The Balaban J connectivity index is 2.13. The maximum atomic E-state index is 13.7. The summed E-state index contributed by atoms with van der Waals surface area (Å²) in [4.78, 5) is 13.5. The topological polar surface area (TPSA) is 44.1 Å². The second-order valence-corrected chi connectivity index (χ2v) is 4.54. The summed E-state index contributed by atoms with van der Waals surface area (Å²) in [5.74, 6) is -0.317. The van der Waals surface area contributed by atoms with E-state index in [4.69, 9.17) is 5.26 Å². The van der Waals surface area contributed by atoms with Gasteiger partial charge in [-0.25, -0.2) is 4.39 Å². The summed E-state index contributed by atoms with van der Waals surface area (Å²) < 4.78 is 13.7. The van der Waals surface area contributed by atoms with Crippen LogP contribution in [0.1, 0.15) is 36.8 Å². The molecule has 1 aliphatic heterocycles. The molecule has 0 N–H and O–H groups in total. The third kappa shape index (κ3) is 2.86. The fourth-order valence-corrected chi connectivity index (χ4v) is 2.16. The molecule has 0 unspecified atom stereocenters. The summed E-state index contributed by atoms with van der Waals surface area (Å²) in [5.41, 5.74) is 0.780. The number of hydrogen-bond acceptors (Lipinski definition) is 2. The van der Waals surface area contributed by atoms with Crippen LogP contribution in [0.3, 0.4) is 0 Å². The van der Waals surface area contributed by atoms with Crippen LogP contribution in [-0.4, -0.2) is 17.4 Å². The first-order chi connectivity index (χ1) is 8.70. The van der Waals surface area contributed by atoms with E-state index in [-0.39, 0.29) is 5.91 Å². The Bertz CT molecular complexity index is 493. The molecule has 1 heterocycles. The van der Waals surface area contributed by atoms with E-state index in [1.54, 1.807) is 17.0 Å². The highest BCUT2D eigenvalue weighted by Gasteiger charge is 2.18. The minimum atomic E-state index is -0.411. The van der Waals surface area contributed by atoms with Gasteiger partial charge in [-0.3, -0.25) is 4.79 Å². The zero-order valence-corrected chi connectivity index (χ0v) is 10.2. The Morgan fingerprint density at radius 2 is 2.17 bits per heavy atom. The molecule has 1 aliphatic rings. The minimum absolute atomic E-state index is 0.0938. The largest absolute Gasteiger partial charge is 0.338 e. The molecule has 0 saturated carbocycles. The Kier molecular flexibility index (Phi) is 3.93. The summed E-state index contributed by atoms with van der Waals surface area (Å²) in [5, 5.41) is 8.67. The van der Waals surface area contributed by atoms with Gasteiger partial charge >= 0.3 is 0 Å². The predicted molar refractivity (Wildman–Crippen MR) is 65.0 cm³/mol. The van der Waals surface area contributed by atoms with Gasteiger partial charge in [-0.2, -0.15) is 5.26 Å². The smallest absolute Gasteiger partial charge is 0.222 e. The van der Waals surface area contributed by atoms with Gasteiger partial charge < -0.3 is 4.90 Å². The van der Waals surface area contributed by atoms with Crippen molar-refractivity contribution < 1.29 is 9.18 Å². The van der Waals surface area contributed by atoms with Crippen LogP contribution >= 0.6 is 0 Å². The lowest BCUT2D eigenvalue weighted by Crippen LogP contribution is -2.30. The SMILES string of the molecule is N#Cc1ccc(CN2CCCCCC2=O)c(F)c1. The van der Waals surface area contributed by atoms with Crippen LogP contribution in [0.15, 0.2) is 18.2 Å². The maximum absolute atomic E-state index is 13.7. The van der Waals surface area contributed by atoms with E-state index in [9.17, 15) is 9.18 Å². The molecule has 3 nitrogen and oxygen atoms in total. The molecule has 18 heavy (non-hydrogen) atoms. The molecule has 0 radical (unpaired) electrons. The maximum Gasteiger partial charge on any atom is 0.222 e. The van der Waals surface area contributed by atoms with Gasteiger partial charge in [0.05, 0.1) is 11.6 Å². The zero-order chi connectivity index (χ0) is 13.0. The Labute approximate surface area is 106 Å². The van der Waals surface area contributed by atoms with E-state index in [0.29, 0.717) is 30.6 Å². The van der Waals surface area contributed by atoms with E-state index in [0.717, 1.165) is 19.3 Å². The third-order valence-corrected chi connectivity index (χ3v) is 3.21. The average molecular weight is 246 g/mol. The van der Waals surface area contributed by atoms with Crippen molar-refractivity contribution in [3.63, 3.8) is 0 Å². The fourth-order valence-electron chi connectivity index (χ4n) is 2.16. The van der Waals surface area contributed by atoms with Gasteiger partial charge in [-0.05, 0) is 25.0 Å². The predicted octanol–water partition coefficient (Wildman–Crippen LogP) is 2.60. The molecule has 1 aromatic rings. The summed E-state index contributed by atoms with van der Waals surface area (Å²) in [6, 6.07) is 6.29. The van der Waals surface area contributed by atoms with Crippen LogP contribution in [0.25, 0.3) is 0 Å². The summed E-state index contributed by atoms with van der Waals surface area (Å²) in [6.45, 7) is 0.995. The van der Waals surface area contributed by atoms with Crippen molar-refractivity contribution in [3.05, 3.63) is 35.1 Å². The van der Waals surface area contributed by atoms with Crippen LogP contribution in [-0.2, 0) is 11.3 Å². The Morgan fingerprint density at radius 3 is 2.89 bits per heavy atom. The van der Waals surface area contributed by atoms with Crippen LogP contribution < -0.4 is 0 Å². The third-order valence-electron chi connectivity index (χ3n) is 3.21. The first-order valence-corrected chi connectivity index (χ1v) is 6.17. The molecule has 0 aliphatic carbocycles. The number of hydrogen-bond donors (Lipinski definition) is 0. The zero-order valence-electron chi connectivity index (χ0n) is 10.2. The van der Waals surface area contributed by atoms with Gasteiger partial charge in [-0.15, -0.1) is 0 Å². The second kappa shape index (κ2) is 5.63. The summed E-state index contributed by atoms with van der Waals surface area (Å²) >= 11 is 0. The van der Waals surface area contributed by atoms with Crippen molar-refractivity contribution in [2.45, 2.75) is 32.2 Å². The first-order valence-electron chi connectivity index (χ1n) is 6.17. The van der Waals surface area contributed by atoms with Crippen LogP contribution in [0, 0.1) is 17.1 Å². The Morgan fingerprint density at radius 1 is 1.33 bits per heavy atom. The number of carbonyl (C=O) groups is 1. The van der Waals surface area contributed by atoms with Gasteiger partial charge in [0.15, 0.2) is 0 Å². The highest BCUT2D eigenvalue weighted by Crippen LogP contribution is 2.17. The number of nitriles is 1. The lowest BCUT2D eigenvalue weighted by molar-refractivity contribution is -0.131. The molecule has 94 valence electrons. The van der Waals surface area contributed by atoms with Crippen LogP contribution in [0.2, 0.25) is 0 Å². The lowest BCUT2D eigenvalue weighted by atomic mass is 10.1. The molecule has 1 fully saturated rings. The summed E-state index contributed by atoms with van der Waals surface area (Å²) in [6.07, 6.45) is 3.50. The number of rotatable bonds is 2. The molecule has 4 heteroatoms. The van der Waals surface area contributed by atoms with E-state index < -0.39 is 5.82 Å². The highest BCUT2D eigenvalue weighted by atomic mass is 19.1. The number of halogens is 1. The normalized spacial score (nSPS) is 16.2. The number of carbonyl (C=O) groups excluding carboxylic acids is 1. The quantitative estimate of drug-likeness (QED) is 0.805. The number of benzene rings is 1. The van der Waals surface area contributed by atoms with Gasteiger partial charge in [0.1, 0.15) is 5.82 Å². The van der Waals surface area contributed by atoms with Crippen molar-refractivity contribution in [2.24, 2.45) is 0 Å². The molecular weight excluding hydrogens is 231 g/mol. The van der Waals surface area contributed by atoms with Crippen LogP contribution in [0.5, 0.6) is 0 Å². The van der Waals surface area contributed by atoms with Crippen molar-refractivity contribution >= 4 is 5.91 Å². The second-order valence-electron chi connectivity index (χ2n) is 4.54. The average Bonchev–Trinajstić information content (AvgIpc) is 2.57. The standard InChI is InChI=1S/C14H15FN2O/c15-13-8-11(9-16)5-6-12(13)10-17-7-3-1-2-4-14(17)18/h5-6,8H,1-4,7,10H2. The van der Waals surface area contributed by atoms with Gasteiger partial charge in [0.25, 0.3) is 0 Å². The molecule has 0 aromatic heterocycles. The van der Waals surface area contributed by atoms with E-state index >= 15 is 0 Å². The molecule has 2 rings (SSSR count). The fraction of sp³-hybridized carbons (Fsp3) is 0.429. The van der Waals surface area contributed by atoms with Crippen molar-refractivity contribution in [1.82, 2.24) is 4.90 Å². The molecule has 0 atom stereocenters. The number of likely N-dealkylation sites (tertiary alicyclic amines) is 1. The van der Waals surface area contributed by atoms with E-state index in [1.807, 2.05) is 6.07 Å². The molecule has 0 bridgehead atoms. The monoisotopic (exact) mass is 246 g/mol. The van der Waals surface area contributed by atoms with E-state index in [1.165, 1.54) is 6.07 Å². The molecule has 1 aromatic carbocycles. The van der Waals surface area contributed by atoms with Gasteiger partial charge in [-0.1, -0.05) is 12.5 Å². The molecule has 1 saturated heterocycles. The molecular formula is C14H15FN2O. The molecule has 0 spiro atoms. The van der Waals surface area contributed by atoms with Gasteiger partial charge in [0.2, 0.25) is 5.91 Å². The number of nitrogens with zero attached hydrogens (tertiary/aromatic N) is 2. The van der Waals surface area contributed by atoms with E-state index in [2.05, 4.69) is 0 Å². The number of amides is 1. The highest BCUT2D eigenvalue weighted by molar-refractivity contribution is 5.76.